The molecule has 1 radical (unpaired) electrons. The van der Waals surface area contributed by atoms with Crippen LogP contribution >= 0.6 is 0 Å². The number of anilines is 1. The van der Waals surface area contributed by atoms with Crippen LogP contribution in [0.4, 0.5) is 5.82 Å². The molecule has 0 aliphatic rings. The minimum absolute atomic E-state index is 0.521. The van der Waals surface area contributed by atoms with Crippen LogP contribution in [0.5, 0.6) is 5.75 Å². The van der Waals surface area contributed by atoms with Gasteiger partial charge < -0.3 is 10.5 Å². The van der Waals surface area contributed by atoms with E-state index in [1.165, 1.54) is 0 Å². The summed E-state index contributed by atoms with van der Waals surface area (Å²) in [5.74, 6) is 1.23. The lowest BCUT2D eigenvalue weighted by molar-refractivity contribution is 0.414. The van der Waals surface area contributed by atoms with Gasteiger partial charge in [0.1, 0.15) is 11.6 Å². The minimum Gasteiger partial charge on any atom is -0.496 e. The van der Waals surface area contributed by atoms with E-state index in [0.717, 1.165) is 11.1 Å². The van der Waals surface area contributed by atoms with Gasteiger partial charge in [-0.05, 0) is 29.8 Å². The number of hydrogen-bond donors (Lipinski definition) is 1. The molecule has 0 spiro atoms. The average Bonchev–Trinajstić information content (AvgIpc) is 2.30. The molecule has 0 saturated heterocycles. The maximum atomic E-state index is 5.52. The van der Waals surface area contributed by atoms with Crippen LogP contribution in [0.2, 0.25) is 0 Å². The number of ether oxygens (including phenoxy) is 1. The Balaban J connectivity index is 2.40. The lowest BCUT2D eigenvalue weighted by Gasteiger charge is -2.03. The van der Waals surface area contributed by atoms with Gasteiger partial charge in [-0.1, -0.05) is 6.07 Å². The number of benzene rings is 1. The quantitative estimate of drug-likeness (QED) is 0.806. The standard InChI is InChI=1S/C12H11N2O/c1-15-11-4-2-3-9(7-11)10-5-6-12(13)14-8-10/h2-3,5-8H,1H3,(H2,13,14). The number of rotatable bonds is 2. The van der Waals surface area contributed by atoms with Crippen LogP contribution in [0.3, 0.4) is 0 Å². The molecular weight excluding hydrogens is 188 g/mol. The summed E-state index contributed by atoms with van der Waals surface area (Å²) < 4.78 is 5.10. The SMILES string of the molecule is COc1[c]ccc(-c2ccc(N)nc2)c1. The Morgan fingerprint density at radius 2 is 2.13 bits per heavy atom. The second kappa shape index (κ2) is 4.00. The molecule has 3 heteroatoms. The van der Waals surface area contributed by atoms with E-state index in [1.54, 1.807) is 19.4 Å². The van der Waals surface area contributed by atoms with Gasteiger partial charge in [-0.2, -0.15) is 0 Å². The van der Waals surface area contributed by atoms with Gasteiger partial charge in [0.2, 0.25) is 0 Å². The number of aromatic nitrogens is 1. The summed E-state index contributed by atoms with van der Waals surface area (Å²) in [5.41, 5.74) is 7.57. The van der Waals surface area contributed by atoms with Gasteiger partial charge >= 0.3 is 0 Å². The number of hydrogen-bond acceptors (Lipinski definition) is 3. The topological polar surface area (TPSA) is 48.1 Å². The van der Waals surface area contributed by atoms with Crippen LogP contribution in [0.15, 0.2) is 36.5 Å². The lowest BCUT2D eigenvalue weighted by atomic mass is 10.1. The van der Waals surface area contributed by atoms with Crippen molar-refractivity contribution in [2.24, 2.45) is 0 Å². The zero-order chi connectivity index (χ0) is 10.7. The van der Waals surface area contributed by atoms with Crippen molar-refractivity contribution in [3.63, 3.8) is 0 Å². The third kappa shape index (κ3) is 2.07. The van der Waals surface area contributed by atoms with E-state index in [4.69, 9.17) is 10.5 Å². The van der Waals surface area contributed by atoms with E-state index in [0.29, 0.717) is 11.6 Å². The first-order chi connectivity index (χ1) is 7.29. The molecule has 75 valence electrons. The molecule has 2 rings (SSSR count). The Hall–Kier alpha value is -2.03. The van der Waals surface area contributed by atoms with Gasteiger partial charge in [-0.15, -0.1) is 0 Å². The summed E-state index contributed by atoms with van der Waals surface area (Å²) >= 11 is 0. The molecule has 1 heterocycles. The lowest BCUT2D eigenvalue weighted by Crippen LogP contribution is -1.89. The summed E-state index contributed by atoms with van der Waals surface area (Å²) in [6.07, 6.45) is 1.74. The predicted molar refractivity (Wildman–Crippen MR) is 59.5 cm³/mol. The van der Waals surface area contributed by atoms with Gasteiger partial charge in [0, 0.05) is 17.8 Å². The number of nitrogens with two attached hydrogens (primary N) is 1. The van der Waals surface area contributed by atoms with E-state index in [9.17, 15) is 0 Å². The molecule has 2 N–H and O–H groups in total. The molecule has 0 unspecified atom stereocenters. The van der Waals surface area contributed by atoms with Crippen LogP contribution in [0.1, 0.15) is 0 Å². The van der Waals surface area contributed by atoms with Crippen molar-refractivity contribution < 1.29 is 4.74 Å². The fourth-order valence-corrected chi connectivity index (χ4v) is 1.32. The van der Waals surface area contributed by atoms with Crippen LogP contribution in [-0.4, -0.2) is 12.1 Å². The minimum atomic E-state index is 0.521. The van der Waals surface area contributed by atoms with Gasteiger partial charge in [0.05, 0.1) is 7.11 Å². The highest BCUT2D eigenvalue weighted by Crippen LogP contribution is 2.22. The maximum absolute atomic E-state index is 5.52. The van der Waals surface area contributed by atoms with Gasteiger partial charge in [-0.25, -0.2) is 4.98 Å². The zero-order valence-corrected chi connectivity index (χ0v) is 8.40. The summed E-state index contributed by atoms with van der Waals surface area (Å²) in [5, 5.41) is 0. The molecule has 0 saturated carbocycles. The maximum Gasteiger partial charge on any atom is 0.127 e. The average molecular weight is 199 g/mol. The first-order valence-corrected chi connectivity index (χ1v) is 4.57. The summed E-state index contributed by atoms with van der Waals surface area (Å²) in [6, 6.07) is 12.4. The molecule has 3 nitrogen and oxygen atoms in total. The summed E-state index contributed by atoms with van der Waals surface area (Å²) in [6.45, 7) is 0. The molecule has 1 aromatic heterocycles. The van der Waals surface area contributed by atoms with E-state index < -0.39 is 0 Å². The van der Waals surface area contributed by atoms with Crippen LogP contribution in [-0.2, 0) is 0 Å². The third-order valence-corrected chi connectivity index (χ3v) is 2.11. The molecule has 2 aromatic rings. The molecule has 0 amide bonds. The van der Waals surface area contributed by atoms with Gasteiger partial charge in [0.25, 0.3) is 0 Å². The Bertz CT molecular complexity index is 451. The predicted octanol–water partition coefficient (Wildman–Crippen LogP) is 2.14. The van der Waals surface area contributed by atoms with Crippen molar-refractivity contribution >= 4 is 5.82 Å². The molecule has 0 fully saturated rings. The van der Waals surface area contributed by atoms with Crippen molar-refractivity contribution in [2.75, 3.05) is 12.8 Å². The molecule has 0 aliphatic carbocycles. The van der Waals surface area contributed by atoms with E-state index in [1.807, 2.05) is 24.3 Å². The normalized spacial score (nSPS) is 9.93. The third-order valence-electron chi connectivity index (χ3n) is 2.11. The van der Waals surface area contributed by atoms with E-state index >= 15 is 0 Å². The number of methoxy groups -OCH3 is 1. The fraction of sp³-hybridized carbons (Fsp3) is 0.0833. The molecular formula is C12H11N2O. The van der Waals surface area contributed by atoms with E-state index in [-0.39, 0.29) is 0 Å². The highest BCUT2D eigenvalue weighted by molar-refractivity contribution is 5.64. The highest BCUT2D eigenvalue weighted by Gasteiger charge is 1.99. The monoisotopic (exact) mass is 199 g/mol. The fourth-order valence-electron chi connectivity index (χ4n) is 1.32. The van der Waals surface area contributed by atoms with Gasteiger partial charge in [0.15, 0.2) is 0 Å². The van der Waals surface area contributed by atoms with Crippen molar-refractivity contribution in [1.29, 1.82) is 0 Å². The second-order valence-electron chi connectivity index (χ2n) is 3.12. The summed E-state index contributed by atoms with van der Waals surface area (Å²) in [7, 11) is 1.62. The zero-order valence-electron chi connectivity index (χ0n) is 8.40. The molecule has 0 aliphatic heterocycles. The molecule has 1 aromatic carbocycles. The first-order valence-electron chi connectivity index (χ1n) is 4.57. The van der Waals surface area contributed by atoms with Crippen molar-refractivity contribution in [2.45, 2.75) is 0 Å². The van der Waals surface area contributed by atoms with Crippen LogP contribution in [0, 0.1) is 6.07 Å². The van der Waals surface area contributed by atoms with E-state index in [2.05, 4.69) is 11.1 Å². The highest BCUT2D eigenvalue weighted by atomic mass is 16.5. The first kappa shape index (κ1) is 9.52. The van der Waals surface area contributed by atoms with Crippen molar-refractivity contribution in [1.82, 2.24) is 4.98 Å². The Kier molecular flexibility index (Phi) is 2.54. The second-order valence-corrected chi connectivity index (χ2v) is 3.12. The number of nitrogen functional groups attached to an aromatic ring is 1. The summed E-state index contributed by atoms with van der Waals surface area (Å²) in [4.78, 5) is 4.04. The molecule has 0 atom stereocenters. The van der Waals surface area contributed by atoms with Crippen LogP contribution in [0.25, 0.3) is 11.1 Å². The van der Waals surface area contributed by atoms with Crippen molar-refractivity contribution in [3.05, 3.63) is 42.6 Å². The van der Waals surface area contributed by atoms with Gasteiger partial charge in [-0.3, -0.25) is 0 Å². The largest absolute Gasteiger partial charge is 0.496 e. The number of nitrogens with zero attached hydrogens (tertiary/aromatic N) is 1. The Morgan fingerprint density at radius 1 is 1.27 bits per heavy atom. The van der Waals surface area contributed by atoms with Crippen LogP contribution < -0.4 is 10.5 Å². The molecule has 0 bridgehead atoms. The number of pyridine rings is 1. The Morgan fingerprint density at radius 3 is 2.80 bits per heavy atom. The smallest absolute Gasteiger partial charge is 0.127 e. The Labute approximate surface area is 88.5 Å². The molecule has 15 heavy (non-hydrogen) atoms. The van der Waals surface area contributed by atoms with Crippen molar-refractivity contribution in [3.8, 4) is 16.9 Å².